The Labute approximate surface area is 255 Å². The molecule has 4 atom stereocenters. The number of nitrogens with zero attached hydrogens (tertiary/aromatic N) is 5. The summed E-state index contributed by atoms with van der Waals surface area (Å²) in [5.41, 5.74) is 0.139. The van der Waals surface area contributed by atoms with Crippen LogP contribution in [0.25, 0.3) is 10.9 Å². The zero-order valence-electron chi connectivity index (χ0n) is 23.3. The van der Waals surface area contributed by atoms with Gasteiger partial charge in [-0.15, -0.1) is 0 Å². The summed E-state index contributed by atoms with van der Waals surface area (Å²) in [6, 6.07) is 0.0292. The molecule has 40 heavy (non-hydrogen) atoms. The van der Waals surface area contributed by atoms with Gasteiger partial charge in [0.2, 0.25) is 0 Å². The molecule has 0 saturated carbocycles. The van der Waals surface area contributed by atoms with Gasteiger partial charge in [-0.2, -0.15) is 9.97 Å². The Bertz CT molecular complexity index is 1350. The van der Waals surface area contributed by atoms with Gasteiger partial charge in [0.25, 0.3) is 0 Å². The number of ether oxygens (including phenoxy) is 2. The summed E-state index contributed by atoms with van der Waals surface area (Å²) < 4.78 is 43.1. The van der Waals surface area contributed by atoms with Crippen molar-refractivity contribution in [3.63, 3.8) is 0 Å². The van der Waals surface area contributed by atoms with Crippen LogP contribution in [0, 0.1) is 16.3 Å². The molecule has 0 aliphatic carbocycles. The predicted molar refractivity (Wildman–Crippen MR) is 160 cm³/mol. The van der Waals surface area contributed by atoms with E-state index in [0.717, 1.165) is 41.4 Å². The second-order valence-electron chi connectivity index (χ2n) is 12.7. The molecule has 8 nitrogen and oxygen atoms in total. The van der Waals surface area contributed by atoms with Gasteiger partial charge in [0, 0.05) is 29.6 Å². The number of benzene rings is 1. The van der Waals surface area contributed by atoms with Crippen LogP contribution in [-0.4, -0.2) is 88.0 Å². The topological polar surface area (TPSA) is 71.0 Å². The molecule has 12 heteroatoms. The van der Waals surface area contributed by atoms with Crippen LogP contribution in [0.1, 0.15) is 58.4 Å². The van der Waals surface area contributed by atoms with Crippen LogP contribution in [0.3, 0.4) is 0 Å². The maximum Gasteiger partial charge on any atom is 0.410 e. The van der Waals surface area contributed by atoms with Gasteiger partial charge in [-0.3, -0.25) is 9.80 Å². The van der Waals surface area contributed by atoms with Gasteiger partial charge in [-0.25, -0.2) is 13.6 Å². The van der Waals surface area contributed by atoms with Crippen LogP contribution in [0.2, 0.25) is 0 Å². The van der Waals surface area contributed by atoms with Crippen LogP contribution in [-0.2, 0) is 4.74 Å². The number of carbonyl (C=O) groups excluding carboxylic acids is 1. The smallest absolute Gasteiger partial charge is 0.410 e. The molecule has 0 N–H and O–H groups in total. The molecular formula is C28H35BrF2IN5O3. The van der Waals surface area contributed by atoms with Gasteiger partial charge < -0.3 is 14.4 Å². The fourth-order valence-electron chi connectivity index (χ4n) is 7.04. The van der Waals surface area contributed by atoms with E-state index < -0.39 is 17.6 Å². The lowest BCUT2D eigenvalue weighted by molar-refractivity contribution is 0.0122. The zero-order chi connectivity index (χ0) is 28.6. The van der Waals surface area contributed by atoms with Crippen molar-refractivity contribution < 1.29 is 23.0 Å². The third-order valence-electron chi connectivity index (χ3n) is 8.78. The lowest BCUT2D eigenvalue weighted by atomic mass is 9.95. The fourth-order valence-corrected chi connectivity index (χ4v) is 8.03. The number of fused-ring (bicyclic) bond motifs is 4. The van der Waals surface area contributed by atoms with Crippen molar-refractivity contribution in [2.24, 2.45) is 0 Å². The molecule has 1 amide bonds. The molecule has 4 aliphatic heterocycles. The first-order valence-corrected chi connectivity index (χ1v) is 15.9. The van der Waals surface area contributed by atoms with Crippen molar-refractivity contribution in [2.45, 2.75) is 89.2 Å². The van der Waals surface area contributed by atoms with Crippen molar-refractivity contribution in [2.75, 3.05) is 37.7 Å². The second-order valence-corrected chi connectivity index (χ2v) is 14.5. The highest BCUT2D eigenvalue weighted by Gasteiger charge is 2.50. The highest BCUT2D eigenvalue weighted by Crippen LogP contribution is 2.43. The highest BCUT2D eigenvalue weighted by atomic mass is 127. The molecule has 4 saturated heterocycles. The number of anilines is 1. The van der Waals surface area contributed by atoms with Gasteiger partial charge in [-0.05, 0) is 104 Å². The molecule has 5 heterocycles. The number of amides is 1. The van der Waals surface area contributed by atoms with Crippen molar-refractivity contribution in [3.05, 3.63) is 19.4 Å². The minimum atomic E-state index is -0.869. The third-order valence-corrected chi connectivity index (χ3v) is 11.6. The summed E-state index contributed by atoms with van der Waals surface area (Å²) >= 11 is 5.55. The average Bonchev–Trinajstić information content (AvgIpc) is 3.50. The second kappa shape index (κ2) is 10.3. The van der Waals surface area contributed by atoms with Gasteiger partial charge >= 0.3 is 12.1 Å². The van der Waals surface area contributed by atoms with Gasteiger partial charge in [0.15, 0.2) is 5.82 Å². The van der Waals surface area contributed by atoms with E-state index in [0.29, 0.717) is 41.7 Å². The number of hydrogen-bond acceptors (Lipinski definition) is 7. The first kappa shape index (κ1) is 28.6. The molecule has 2 unspecified atom stereocenters. The van der Waals surface area contributed by atoms with E-state index >= 15 is 4.39 Å². The van der Waals surface area contributed by atoms with E-state index in [1.807, 2.05) is 32.6 Å². The molecule has 0 radical (unpaired) electrons. The quantitative estimate of drug-likeness (QED) is 0.283. The van der Waals surface area contributed by atoms with Crippen LogP contribution in [0.4, 0.5) is 19.4 Å². The number of hydrogen-bond donors (Lipinski definition) is 0. The standard InChI is InChI=1S/C28H35BrF2IN5O3/c1-15-19-23(21(31)20(29)22(15)32)33-25(39-14-28-8-5-9-36(28)11-16(30)10-28)34-24(19)35-12-17-6-7-18(13-35)37(17)26(38)40-27(2,3)4/h16-18H,5-14H2,1-4H3/t16-,17?,18?,28+/m1/s1. The molecule has 0 spiro atoms. The Balaban J connectivity index is 1.35. The Morgan fingerprint density at radius 2 is 1.90 bits per heavy atom. The summed E-state index contributed by atoms with van der Waals surface area (Å²) in [6.45, 7) is 10.2. The first-order valence-electron chi connectivity index (χ1n) is 14.0. The maximum absolute atomic E-state index is 15.7. The summed E-state index contributed by atoms with van der Waals surface area (Å²) in [5, 5.41) is 0.646. The molecule has 4 fully saturated rings. The number of piperazine rings is 1. The van der Waals surface area contributed by atoms with Crippen molar-refractivity contribution in [1.82, 2.24) is 19.8 Å². The fraction of sp³-hybridized carbons (Fsp3) is 0.679. The average molecular weight is 734 g/mol. The van der Waals surface area contributed by atoms with E-state index in [1.165, 1.54) is 0 Å². The Kier molecular flexibility index (Phi) is 7.37. The van der Waals surface area contributed by atoms with Gasteiger partial charge in [-0.1, -0.05) is 0 Å². The summed E-state index contributed by atoms with van der Waals surface area (Å²) in [5.74, 6) is 0.150. The molecule has 218 valence electrons. The Morgan fingerprint density at radius 1 is 1.20 bits per heavy atom. The normalized spacial score (nSPS) is 28.4. The third kappa shape index (κ3) is 4.93. The van der Waals surface area contributed by atoms with E-state index in [2.05, 4.69) is 53.3 Å². The number of halogens is 4. The predicted octanol–water partition coefficient (Wildman–Crippen LogP) is 5.99. The summed E-state index contributed by atoms with van der Waals surface area (Å²) in [4.78, 5) is 28.7. The van der Waals surface area contributed by atoms with Crippen LogP contribution < -0.4 is 9.64 Å². The number of aromatic nitrogens is 2. The van der Waals surface area contributed by atoms with Crippen molar-refractivity contribution in [3.8, 4) is 6.01 Å². The van der Waals surface area contributed by atoms with Gasteiger partial charge in [0.05, 0.1) is 27.5 Å². The number of rotatable bonds is 4. The Morgan fingerprint density at radius 3 is 2.58 bits per heavy atom. The largest absolute Gasteiger partial charge is 0.461 e. The molecule has 2 aromatic rings. The molecule has 1 aromatic heterocycles. The van der Waals surface area contributed by atoms with Gasteiger partial charge in [0.1, 0.15) is 29.7 Å². The number of alkyl halides is 1. The lowest BCUT2D eigenvalue weighted by Gasteiger charge is -2.42. The molecule has 6 rings (SSSR count). The highest BCUT2D eigenvalue weighted by molar-refractivity contribution is 14.1. The first-order chi connectivity index (χ1) is 18.9. The maximum atomic E-state index is 15.7. The number of carbonyl (C=O) groups is 1. The van der Waals surface area contributed by atoms with Crippen LogP contribution in [0.5, 0.6) is 6.01 Å². The van der Waals surface area contributed by atoms with E-state index in [1.54, 1.807) is 0 Å². The van der Waals surface area contributed by atoms with E-state index in [-0.39, 0.29) is 41.8 Å². The molecule has 4 aliphatic rings. The molecule has 2 bridgehead atoms. The van der Waals surface area contributed by atoms with E-state index in [4.69, 9.17) is 14.5 Å². The minimum Gasteiger partial charge on any atom is -0.461 e. The lowest BCUT2D eigenvalue weighted by Crippen LogP contribution is -2.57. The van der Waals surface area contributed by atoms with Crippen LogP contribution in [0.15, 0.2) is 4.47 Å². The Hall–Kier alpha value is -1.54. The number of aryl methyl sites for hydroxylation is 1. The summed E-state index contributed by atoms with van der Waals surface area (Å²) in [6.07, 6.45) is 2.87. The monoisotopic (exact) mass is 733 g/mol. The minimum absolute atomic E-state index is 0.0337. The SMILES string of the molecule is Cc1c(I)c(Br)c(F)c2nc(OC[C@@]34CCCN3C[C@H](F)C4)nc(N3CC4CCC(C3)N4C(=O)OC(C)(C)C)c12. The zero-order valence-corrected chi connectivity index (χ0v) is 27.0. The molecule has 1 aromatic carbocycles. The molecular weight excluding hydrogens is 699 g/mol. The van der Waals surface area contributed by atoms with Crippen molar-refractivity contribution in [1.29, 1.82) is 0 Å². The van der Waals surface area contributed by atoms with Crippen molar-refractivity contribution >= 4 is 61.3 Å². The van der Waals surface area contributed by atoms with E-state index in [9.17, 15) is 9.18 Å². The van der Waals surface area contributed by atoms with Crippen LogP contribution >= 0.6 is 38.5 Å². The summed E-state index contributed by atoms with van der Waals surface area (Å²) in [7, 11) is 0.